The van der Waals surface area contributed by atoms with Crippen LogP contribution in [0.1, 0.15) is 18.3 Å². The predicted molar refractivity (Wildman–Crippen MR) is 102 cm³/mol. The minimum absolute atomic E-state index is 0. The van der Waals surface area contributed by atoms with Gasteiger partial charge in [0.25, 0.3) is 0 Å². The molecular formula is C14H23IN6S. The van der Waals surface area contributed by atoms with Crippen molar-refractivity contribution in [2.45, 2.75) is 26.4 Å². The number of guanidine groups is 1. The van der Waals surface area contributed by atoms with E-state index >= 15 is 0 Å². The molecule has 0 unspecified atom stereocenters. The van der Waals surface area contributed by atoms with Crippen molar-refractivity contribution in [3.63, 3.8) is 0 Å². The summed E-state index contributed by atoms with van der Waals surface area (Å²) in [5.41, 5.74) is 1.30. The highest BCUT2D eigenvalue weighted by atomic mass is 127. The zero-order chi connectivity index (χ0) is 15.1. The fourth-order valence-electron chi connectivity index (χ4n) is 2.14. The molecule has 22 heavy (non-hydrogen) atoms. The molecule has 8 heteroatoms. The second-order valence-corrected chi connectivity index (χ2v) is 5.54. The third-order valence-electron chi connectivity index (χ3n) is 3.22. The Morgan fingerprint density at radius 3 is 2.95 bits per heavy atom. The van der Waals surface area contributed by atoms with E-state index in [0.29, 0.717) is 0 Å². The Kier molecular flexibility index (Phi) is 8.39. The van der Waals surface area contributed by atoms with E-state index in [-0.39, 0.29) is 24.0 Å². The summed E-state index contributed by atoms with van der Waals surface area (Å²) >= 11 is 1.72. The molecule has 0 aromatic carbocycles. The van der Waals surface area contributed by atoms with Crippen molar-refractivity contribution in [1.29, 1.82) is 0 Å². The standard InChI is InChI=1S/C14H22N6S.HI/c1-4-13-18-17-11-20(13)7-6-16-14(15-2)19(3)9-12-5-8-21-10-12;/h5,8,10-11H,4,6-7,9H2,1-3H3,(H,15,16);1H. The summed E-state index contributed by atoms with van der Waals surface area (Å²) in [6.07, 6.45) is 2.67. The summed E-state index contributed by atoms with van der Waals surface area (Å²) in [6.45, 7) is 4.57. The first kappa shape index (κ1) is 18.9. The Hall–Kier alpha value is -1.16. The summed E-state index contributed by atoms with van der Waals surface area (Å²) in [5, 5.41) is 15.7. The number of thiophene rings is 1. The van der Waals surface area contributed by atoms with E-state index in [4.69, 9.17) is 0 Å². The van der Waals surface area contributed by atoms with Gasteiger partial charge in [0.15, 0.2) is 5.96 Å². The van der Waals surface area contributed by atoms with Crippen LogP contribution in [0, 0.1) is 0 Å². The van der Waals surface area contributed by atoms with Crippen LogP contribution in [0.4, 0.5) is 0 Å². The maximum absolute atomic E-state index is 4.32. The molecule has 6 nitrogen and oxygen atoms in total. The fraction of sp³-hybridized carbons (Fsp3) is 0.500. The van der Waals surface area contributed by atoms with E-state index in [1.807, 2.05) is 14.1 Å². The molecule has 2 rings (SSSR count). The molecule has 0 spiro atoms. The molecule has 0 saturated heterocycles. The van der Waals surface area contributed by atoms with Crippen molar-refractivity contribution in [2.24, 2.45) is 4.99 Å². The van der Waals surface area contributed by atoms with Crippen molar-refractivity contribution in [1.82, 2.24) is 25.0 Å². The number of aliphatic imine (C=N–C) groups is 1. The van der Waals surface area contributed by atoms with Gasteiger partial charge in [-0.1, -0.05) is 6.92 Å². The summed E-state index contributed by atoms with van der Waals surface area (Å²) in [6, 6.07) is 2.14. The maximum atomic E-state index is 4.32. The minimum atomic E-state index is 0. The highest BCUT2D eigenvalue weighted by molar-refractivity contribution is 14.0. The Balaban J connectivity index is 0.00000242. The van der Waals surface area contributed by atoms with Gasteiger partial charge < -0.3 is 14.8 Å². The number of aromatic nitrogens is 3. The Bertz CT molecular complexity index is 566. The molecule has 0 saturated carbocycles. The first-order chi connectivity index (χ1) is 10.2. The monoisotopic (exact) mass is 434 g/mol. The van der Waals surface area contributed by atoms with Gasteiger partial charge >= 0.3 is 0 Å². The lowest BCUT2D eigenvalue weighted by molar-refractivity contribution is 0.473. The van der Waals surface area contributed by atoms with Crippen LogP contribution in [0.5, 0.6) is 0 Å². The molecule has 0 aliphatic rings. The van der Waals surface area contributed by atoms with Crippen molar-refractivity contribution >= 4 is 41.3 Å². The zero-order valence-electron chi connectivity index (χ0n) is 13.2. The average molecular weight is 434 g/mol. The third kappa shape index (κ3) is 5.24. The lowest BCUT2D eigenvalue weighted by Gasteiger charge is -2.21. The molecule has 0 aliphatic heterocycles. The summed E-state index contributed by atoms with van der Waals surface area (Å²) in [5.74, 6) is 1.91. The summed E-state index contributed by atoms with van der Waals surface area (Å²) in [4.78, 5) is 6.44. The minimum Gasteiger partial charge on any atom is -0.354 e. The molecule has 2 aromatic heterocycles. The van der Waals surface area contributed by atoms with E-state index in [0.717, 1.165) is 37.8 Å². The number of hydrogen-bond acceptors (Lipinski definition) is 4. The van der Waals surface area contributed by atoms with E-state index in [9.17, 15) is 0 Å². The molecule has 2 aromatic rings. The van der Waals surface area contributed by atoms with Gasteiger partial charge in [0.1, 0.15) is 12.2 Å². The molecule has 2 heterocycles. The number of hydrogen-bond donors (Lipinski definition) is 1. The summed E-state index contributed by atoms with van der Waals surface area (Å²) < 4.78 is 2.07. The Morgan fingerprint density at radius 2 is 2.32 bits per heavy atom. The molecule has 1 N–H and O–H groups in total. The van der Waals surface area contributed by atoms with Crippen LogP contribution in [0.25, 0.3) is 0 Å². The maximum Gasteiger partial charge on any atom is 0.193 e. The largest absolute Gasteiger partial charge is 0.354 e. The quantitative estimate of drug-likeness (QED) is 0.431. The van der Waals surface area contributed by atoms with Gasteiger partial charge in [-0.05, 0) is 22.4 Å². The van der Waals surface area contributed by atoms with Gasteiger partial charge in [-0.15, -0.1) is 34.2 Å². The van der Waals surface area contributed by atoms with Crippen LogP contribution in [-0.2, 0) is 19.5 Å². The van der Waals surface area contributed by atoms with E-state index in [1.54, 1.807) is 17.7 Å². The molecule has 0 fully saturated rings. The second-order valence-electron chi connectivity index (χ2n) is 4.76. The molecule has 0 aliphatic carbocycles. The molecular weight excluding hydrogens is 411 g/mol. The van der Waals surface area contributed by atoms with Crippen LogP contribution in [0.15, 0.2) is 28.1 Å². The molecule has 0 radical (unpaired) electrons. The van der Waals surface area contributed by atoms with Crippen LogP contribution < -0.4 is 5.32 Å². The van der Waals surface area contributed by atoms with Crippen LogP contribution >= 0.6 is 35.3 Å². The van der Waals surface area contributed by atoms with Gasteiger partial charge in [0.2, 0.25) is 0 Å². The number of rotatable bonds is 6. The predicted octanol–water partition coefficient (Wildman–Crippen LogP) is 2.23. The van der Waals surface area contributed by atoms with Crippen molar-refractivity contribution in [2.75, 3.05) is 20.6 Å². The van der Waals surface area contributed by atoms with E-state index in [1.165, 1.54) is 5.56 Å². The van der Waals surface area contributed by atoms with E-state index in [2.05, 4.69) is 53.7 Å². The van der Waals surface area contributed by atoms with Crippen LogP contribution in [-0.4, -0.2) is 46.3 Å². The lowest BCUT2D eigenvalue weighted by atomic mass is 10.3. The molecule has 122 valence electrons. The topological polar surface area (TPSA) is 58.3 Å². The molecule has 0 atom stereocenters. The summed E-state index contributed by atoms with van der Waals surface area (Å²) in [7, 11) is 3.85. The van der Waals surface area contributed by atoms with Gasteiger partial charge in [-0.3, -0.25) is 4.99 Å². The van der Waals surface area contributed by atoms with Crippen molar-refractivity contribution in [3.05, 3.63) is 34.5 Å². The second kappa shape index (κ2) is 9.78. The number of halogens is 1. The SMILES string of the molecule is CCc1nncn1CCNC(=NC)N(C)Cc1ccsc1.I. The van der Waals surface area contributed by atoms with Crippen LogP contribution in [0.3, 0.4) is 0 Å². The smallest absolute Gasteiger partial charge is 0.193 e. The normalized spacial score (nSPS) is 11.1. The Morgan fingerprint density at radius 1 is 1.50 bits per heavy atom. The van der Waals surface area contributed by atoms with Gasteiger partial charge in [0.05, 0.1) is 0 Å². The van der Waals surface area contributed by atoms with Gasteiger partial charge in [0, 0.05) is 40.2 Å². The van der Waals surface area contributed by atoms with E-state index < -0.39 is 0 Å². The Labute approximate surface area is 152 Å². The first-order valence-electron chi connectivity index (χ1n) is 7.04. The fourth-order valence-corrected chi connectivity index (χ4v) is 2.80. The number of nitrogens with one attached hydrogen (secondary N) is 1. The van der Waals surface area contributed by atoms with Crippen molar-refractivity contribution in [3.8, 4) is 0 Å². The first-order valence-corrected chi connectivity index (χ1v) is 7.98. The van der Waals surface area contributed by atoms with Gasteiger partial charge in [-0.25, -0.2) is 0 Å². The molecule has 0 bridgehead atoms. The lowest BCUT2D eigenvalue weighted by Crippen LogP contribution is -2.39. The number of nitrogens with zero attached hydrogens (tertiary/aromatic N) is 5. The van der Waals surface area contributed by atoms with Crippen molar-refractivity contribution < 1.29 is 0 Å². The van der Waals surface area contributed by atoms with Gasteiger partial charge in [-0.2, -0.15) is 11.3 Å². The number of aryl methyl sites for hydroxylation is 1. The highest BCUT2D eigenvalue weighted by Crippen LogP contribution is 2.08. The zero-order valence-corrected chi connectivity index (χ0v) is 16.3. The molecule has 0 amide bonds. The highest BCUT2D eigenvalue weighted by Gasteiger charge is 2.07. The third-order valence-corrected chi connectivity index (χ3v) is 3.95. The van der Waals surface area contributed by atoms with Crippen LogP contribution in [0.2, 0.25) is 0 Å². The average Bonchev–Trinajstić information content (AvgIpc) is 3.14.